The monoisotopic (exact) mass is 273 g/mol. The van der Waals surface area contributed by atoms with Gasteiger partial charge in [0.15, 0.2) is 0 Å². The van der Waals surface area contributed by atoms with Gasteiger partial charge in [-0.3, -0.25) is 19.8 Å². The Kier molecular flexibility index (Phi) is 5.71. The minimum Gasteiger partial charge on any atom is -0.480 e. The lowest BCUT2D eigenvalue weighted by atomic mass is 10.1. The third-order valence-electron chi connectivity index (χ3n) is 2.91. The summed E-state index contributed by atoms with van der Waals surface area (Å²) >= 11 is 0. The molecule has 1 heterocycles. The molecule has 8 heteroatoms. The summed E-state index contributed by atoms with van der Waals surface area (Å²) in [6, 6.07) is -2.17. The van der Waals surface area contributed by atoms with Gasteiger partial charge in [-0.15, -0.1) is 0 Å². The topological polar surface area (TPSA) is 108 Å². The zero-order chi connectivity index (χ0) is 14.4. The Bertz CT molecular complexity index is 360. The number of hydrogen-bond donors (Lipinski definition) is 3. The summed E-state index contributed by atoms with van der Waals surface area (Å²) in [6.45, 7) is 4.44. The maximum absolute atomic E-state index is 11.8. The lowest BCUT2D eigenvalue weighted by Crippen LogP contribution is -2.58. The maximum Gasteiger partial charge on any atom is 0.323 e. The molecule has 0 spiro atoms. The number of aliphatic carboxylic acids is 1. The van der Waals surface area contributed by atoms with E-state index in [-0.39, 0.29) is 6.61 Å². The predicted molar refractivity (Wildman–Crippen MR) is 65.6 cm³/mol. The number of carboxylic acid groups (broad SMARTS) is 1. The highest BCUT2D eigenvalue weighted by molar-refractivity contribution is 5.97. The van der Waals surface area contributed by atoms with Crippen molar-refractivity contribution in [1.29, 1.82) is 0 Å². The van der Waals surface area contributed by atoms with Crippen LogP contribution >= 0.6 is 0 Å². The summed E-state index contributed by atoms with van der Waals surface area (Å²) in [5.41, 5.74) is 0. The second-order valence-electron chi connectivity index (χ2n) is 4.19. The zero-order valence-corrected chi connectivity index (χ0v) is 11.0. The number of carboxylic acids is 1. The molecule has 3 N–H and O–H groups in total. The van der Waals surface area contributed by atoms with Gasteiger partial charge in [0.2, 0.25) is 5.91 Å². The van der Waals surface area contributed by atoms with Gasteiger partial charge in [0.25, 0.3) is 0 Å². The largest absolute Gasteiger partial charge is 0.480 e. The molecule has 1 aliphatic rings. The highest BCUT2D eigenvalue weighted by atomic mass is 16.5. The van der Waals surface area contributed by atoms with Crippen molar-refractivity contribution < 1.29 is 24.2 Å². The number of imide groups is 1. The SMILES string of the molecule is CCNC(=O)NC(=O)C(C)N1CCOCC1C(=O)O. The molecule has 0 aromatic heterocycles. The van der Waals surface area contributed by atoms with Gasteiger partial charge in [-0.1, -0.05) is 0 Å². The van der Waals surface area contributed by atoms with Crippen molar-refractivity contribution in [2.24, 2.45) is 0 Å². The van der Waals surface area contributed by atoms with E-state index in [1.54, 1.807) is 13.8 Å². The van der Waals surface area contributed by atoms with E-state index in [2.05, 4.69) is 10.6 Å². The third kappa shape index (κ3) is 4.18. The zero-order valence-electron chi connectivity index (χ0n) is 11.0. The highest BCUT2D eigenvalue weighted by Gasteiger charge is 2.35. The van der Waals surface area contributed by atoms with Gasteiger partial charge in [-0.05, 0) is 13.8 Å². The van der Waals surface area contributed by atoms with Crippen molar-refractivity contribution in [2.45, 2.75) is 25.9 Å². The van der Waals surface area contributed by atoms with E-state index in [1.807, 2.05) is 0 Å². The average molecular weight is 273 g/mol. The molecule has 0 saturated carbocycles. The number of rotatable bonds is 4. The van der Waals surface area contributed by atoms with Crippen molar-refractivity contribution in [3.8, 4) is 0 Å². The number of urea groups is 1. The van der Waals surface area contributed by atoms with E-state index in [0.717, 1.165) is 0 Å². The van der Waals surface area contributed by atoms with Crippen molar-refractivity contribution in [2.75, 3.05) is 26.3 Å². The van der Waals surface area contributed by atoms with Gasteiger partial charge >= 0.3 is 12.0 Å². The smallest absolute Gasteiger partial charge is 0.323 e. The quantitative estimate of drug-likeness (QED) is 0.607. The Morgan fingerprint density at radius 3 is 2.74 bits per heavy atom. The summed E-state index contributed by atoms with van der Waals surface area (Å²) < 4.78 is 5.09. The number of ether oxygens (including phenoxy) is 1. The van der Waals surface area contributed by atoms with Gasteiger partial charge in [-0.2, -0.15) is 0 Å². The molecule has 3 amide bonds. The number of amides is 3. The Morgan fingerprint density at radius 2 is 2.16 bits per heavy atom. The van der Waals surface area contributed by atoms with Crippen LogP contribution in [0.4, 0.5) is 4.79 Å². The molecule has 1 fully saturated rings. The molecule has 108 valence electrons. The molecular formula is C11H19N3O5. The van der Waals surface area contributed by atoms with Crippen LogP contribution in [0.1, 0.15) is 13.8 Å². The summed E-state index contributed by atoms with van der Waals surface area (Å²) in [5, 5.41) is 13.7. The van der Waals surface area contributed by atoms with E-state index in [1.165, 1.54) is 4.90 Å². The van der Waals surface area contributed by atoms with Crippen LogP contribution in [0.15, 0.2) is 0 Å². The van der Waals surface area contributed by atoms with Crippen LogP contribution in [0.25, 0.3) is 0 Å². The summed E-state index contributed by atoms with van der Waals surface area (Å²) in [6.07, 6.45) is 0. The first-order chi connectivity index (χ1) is 8.97. The van der Waals surface area contributed by atoms with Gasteiger partial charge in [-0.25, -0.2) is 4.79 Å². The van der Waals surface area contributed by atoms with Crippen LogP contribution in [0.3, 0.4) is 0 Å². The number of nitrogens with zero attached hydrogens (tertiary/aromatic N) is 1. The molecule has 19 heavy (non-hydrogen) atoms. The molecule has 0 aliphatic carbocycles. The molecule has 2 atom stereocenters. The van der Waals surface area contributed by atoms with E-state index in [4.69, 9.17) is 9.84 Å². The number of nitrogens with one attached hydrogen (secondary N) is 2. The molecule has 2 unspecified atom stereocenters. The summed E-state index contributed by atoms with van der Waals surface area (Å²) in [4.78, 5) is 35.7. The van der Waals surface area contributed by atoms with Crippen LogP contribution in [0.5, 0.6) is 0 Å². The fraction of sp³-hybridized carbons (Fsp3) is 0.727. The van der Waals surface area contributed by atoms with Crippen LogP contribution in [-0.2, 0) is 14.3 Å². The molecule has 1 aliphatic heterocycles. The van der Waals surface area contributed by atoms with Crippen molar-refractivity contribution in [3.05, 3.63) is 0 Å². The van der Waals surface area contributed by atoms with Crippen LogP contribution < -0.4 is 10.6 Å². The second kappa shape index (κ2) is 7.05. The first kappa shape index (κ1) is 15.4. The number of hydrogen-bond acceptors (Lipinski definition) is 5. The van der Waals surface area contributed by atoms with Crippen molar-refractivity contribution in [1.82, 2.24) is 15.5 Å². The predicted octanol–water partition coefficient (Wildman–Crippen LogP) is -0.994. The highest BCUT2D eigenvalue weighted by Crippen LogP contribution is 2.11. The lowest BCUT2D eigenvalue weighted by molar-refractivity contribution is -0.153. The fourth-order valence-corrected chi connectivity index (χ4v) is 1.86. The van der Waals surface area contributed by atoms with E-state index >= 15 is 0 Å². The third-order valence-corrected chi connectivity index (χ3v) is 2.91. The van der Waals surface area contributed by atoms with Crippen molar-refractivity contribution >= 4 is 17.9 Å². The molecule has 1 rings (SSSR count). The molecule has 8 nitrogen and oxygen atoms in total. The van der Waals surface area contributed by atoms with E-state index in [0.29, 0.717) is 19.7 Å². The van der Waals surface area contributed by atoms with Crippen LogP contribution in [0, 0.1) is 0 Å². The molecule has 0 bridgehead atoms. The standard InChI is InChI=1S/C11H19N3O5/c1-3-12-11(18)13-9(15)7(2)14-4-5-19-6-8(14)10(16)17/h7-8H,3-6H2,1-2H3,(H,16,17)(H2,12,13,15,18). The second-order valence-corrected chi connectivity index (χ2v) is 4.19. The van der Waals surface area contributed by atoms with E-state index in [9.17, 15) is 14.4 Å². The van der Waals surface area contributed by atoms with Crippen molar-refractivity contribution in [3.63, 3.8) is 0 Å². The minimum atomic E-state index is -1.04. The van der Waals surface area contributed by atoms with Gasteiger partial charge in [0.05, 0.1) is 19.3 Å². The molecule has 0 aromatic carbocycles. The summed E-state index contributed by atoms with van der Waals surface area (Å²) in [5.74, 6) is -1.57. The van der Waals surface area contributed by atoms with Gasteiger partial charge in [0.1, 0.15) is 6.04 Å². The Hall–Kier alpha value is -1.67. The Labute approximate surface area is 111 Å². The number of morpholine rings is 1. The number of carbonyl (C=O) groups excluding carboxylic acids is 2. The number of carbonyl (C=O) groups is 3. The normalized spacial score (nSPS) is 21.5. The maximum atomic E-state index is 11.8. The lowest BCUT2D eigenvalue weighted by Gasteiger charge is -2.36. The molecule has 0 radical (unpaired) electrons. The molecule has 1 saturated heterocycles. The molecule has 0 aromatic rings. The Morgan fingerprint density at radius 1 is 1.47 bits per heavy atom. The van der Waals surface area contributed by atoms with Crippen LogP contribution in [0.2, 0.25) is 0 Å². The summed E-state index contributed by atoms with van der Waals surface area (Å²) in [7, 11) is 0. The van der Waals surface area contributed by atoms with Crippen LogP contribution in [-0.4, -0.2) is 66.3 Å². The molecular weight excluding hydrogens is 254 g/mol. The Balaban J connectivity index is 2.63. The average Bonchev–Trinajstić information content (AvgIpc) is 2.37. The fourth-order valence-electron chi connectivity index (χ4n) is 1.86. The van der Waals surface area contributed by atoms with Gasteiger partial charge < -0.3 is 15.2 Å². The first-order valence-electron chi connectivity index (χ1n) is 6.12. The van der Waals surface area contributed by atoms with Gasteiger partial charge in [0, 0.05) is 13.1 Å². The minimum absolute atomic E-state index is 0.0358. The first-order valence-corrected chi connectivity index (χ1v) is 6.12. The van der Waals surface area contributed by atoms with E-state index < -0.39 is 30.0 Å².